The minimum Gasteiger partial charge on any atom is -0.320 e. The van der Waals surface area contributed by atoms with E-state index >= 15 is 0 Å². The van der Waals surface area contributed by atoms with Crippen LogP contribution in [-0.4, -0.2) is 11.6 Å². The predicted octanol–water partition coefficient (Wildman–Crippen LogP) is 4.74. The van der Waals surface area contributed by atoms with E-state index in [1.165, 1.54) is 0 Å². The van der Waals surface area contributed by atoms with Crippen molar-refractivity contribution in [2.75, 3.05) is 5.32 Å². The van der Waals surface area contributed by atoms with E-state index in [0.29, 0.717) is 11.3 Å². The van der Waals surface area contributed by atoms with E-state index in [-0.39, 0.29) is 16.4 Å². The number of aliphatic imine (C=N–C) groups is 1. The molecule has 3 rings (SSSR count). The van der Waals surface area contributed by atoms with E-state index in [4.69, 9.17) is 11.6 Å². The molecule has 0 aliphatic carbocycles. The lowest BCUT2D eigenvalue weighted by Crippen LogP contribution is -2.14. The number of nitrogens with one attached hydrogen (secondary N) is 1. The van der Waals surface area contributed by atoms with Gasteiger partial charge >= 0.3 is 6.18 Å². The van der Waals surface area contributed by atoms with Crippen molar-refractivity contribution >= 4 is 34.6 Å². The van der Waals surface area contributed by atoms with Crippen LogP contribution in [-0.2, 0) is 11.0 Å². The molecule has 0 atom stereocenters. The number of anilines is 1. The third-order valence-corrected chi connectivity index (χ3v) is 3.72. The van der Waals surface area contributed by atoms with Gasteiger partial charge in [-0.15, -0.1) is 0 Å². The molecule has 23 heavy (non-hydrogen) atoms. The average molecular weight is 339 g/mol. The zero-order valence-electron chi connectivity index (χ0n) is 11.8. The fraction of sp³-hybridized carbons (Fsp3) is 0.125. The molecule has 7 heteroatoms. The molecule has 2 aromatic carbocycles. The highest BCUT2D eigenvalue weighted by Crippen LogP contribution is 2.36. The van der Waals surface area contributed by atoms with Crippen molar-refractivity contribution in [3.05, 3.63) is 58.1 Å². The number of hydrogen-bond acceptors (Lipinski definition) is 2. The summed E-state index contributed by atoms with van der Waals surface area (Å²) in [5.41, 5.74) is 1.10. The minimum atomic E-state index is -4.51. The molecule has 0 aromatic heterocycles. The molecule has 1 aliphatic heterocycles. The van der Waals surface area contributed by atoms with Crippen LogP contribution in [0.2, 0.25) is 5.02 Å². The van der Waals surface area contributed by atoms with Crippen molar-refractivity contribution in [2.45, 2.75) is 13.1 Å². The van der Waals surface area contributed by atoms with Crippen LogP contribution in [0.15, 0.2) is 41.4 Å². The van der Waals surface area contributed by atoms with Crippen LogP contribution in [0.4, 0.5) is 24.5 Å². The normalized spacial score (nSPS) is 15.7. The Bertz CT molecular complexity index is 844. The molecule has 0 fully saturated rings. The number of halogens is 4. The minimum absolute atomic E-state index is 0.0411. The Morgan fingerprint density at radius 2 is 1.87 bits per heavy atom. The topological polar surface area (TPSA) is 41.5 Å². The standard InChI is InChI=1S/C16H10ClF3N2O/c1-8-2-5-12-10(6-8)14(15(23)22-12)21-13-7-9(16(18,19)20)3-4-11(13)17/h2-7H,1H3,(H,21,22,23). The van der Waals surface area contributed by atoms with Gasteiger partial charge in [-0.05, 0) is 37.3 Å². The molecule has 1 N–H and O–H groups in total. The lowest BCUT2D eigenvalue weighted by molar-refractivity contribution is -0.137. The Morgan fingerprint density at radius 1 is 1.13 bits per heavy atom. The number of nitrogens with zero attached hydrogens (tertiary/aromatic N) is 1. The van der Waals surface area contributed by atoms with E-state index < -0.39 is 17.6 Å². The number of rotatable bonds is 1. The van der Waals surface area contributed by atoms with Gasteiger partial charge in [0.2, 0.25) is 0 Å². The van der Waals surface area contributed by atoms with Crippen LogP contribution in [0.1, 0.15) is 16.7 Å². The summed E-state index contributed by atoms with van der Waals surface area (Å²) in [5, 5.41) is 2.67. The lowest BCUT2D eigenvalue weighted by atomic mass is 10.1. The third kappa shape index (κ3) is 2.94. The summed E-state index contributed by atoms with van der Waals surface area (Å²) in [4.78, 5) is 16.1. The van der Waals surface area contributed by atoms with Crippen LogP contribution in [0.5, 0.6) is 0 Å². The zero-order chi connectivity index (χ0) is 16.8. The fourth-order valence-corrected chi connectivity index (χ4v) is 2.43. The lowest BCUT2D eigenvalue weighted by Gasteiger charge is -2.08. The molecule has 2 aromatic rings. The maximum atomic E-state index is 12.8. The van der Waals surface area contributed by atoms with Gasteiger partial charge in [0, 0.05) is 5.56 Å². The predicted molar refractivity (Wildman–Crippen MR) is 82.5 cm³/mol. The Kier molecular flexibility index (Phi) is 3.64. The maximum absolute atomic E-state index is 12.8. The summed E-state index contributed by atoms with van der Waals surface area (Å²) in [7, 11) is 0. The molecule has 1 amide bonds. The highest BCUT2D eigenvalue weighted by molar-refractivity contribution is 6.54. The van der Waals surface area contributed by atoms with Gasteiger partial charge in [0.25, 0.3) is 5.91 Å². The van der Waals surface area contributed by atoms with Crippen molar-refractivity contribution in [3.63, 3.8) is 0 Å². The smallest absolute Gasteiger partial charge is 0.320 e. The first-order valence-corrected chi connectivity index (χ1v) is 7.01. The Balaban J connectivity index is 2.13. The molecule has 0 saturated carbocycles. The number of hydrogen-bond donors (Lipinski definition) is 1. The molecule has 1 heterocycles. The summed E-state index contributed by atoms with van der Waals surface area (Å²) in [6, 6.07) is 8.11. The van der Waals surface area contributed by atoms with E-state index in [2.05, 4.69) is 10.3 Å². The number of benzene rings is 2. The van der Waals surface area contributed by atoms with E-state index in [0.717, 1.165) is 23.8 Å². The third-order valence-electron chi connectivity index (χ3n) is 3.40. The number of carbonyl (C=O) groups excluding carboxylic acids is 1. The second-order valence-electron chi connectivity index (χ2n) is 5.13. The summed E-state index contributed by atoms with van der Waals surface area (Å²) >= 11 is 5.92. The van der Waals surface area contributed by atoms with Crippen LogP contribution < -0.4 is 5.32 Å². The second-order valence-corrected chi connectivity index (χ2v) is 5.53. The van der Waals surface area contributed by atoms with Gasteiger partial charge < -0.3 is 5.32 Å². The van der Waals surface area contributed by atoms with Crippen LogP contribution >= 0.6 is 11.6 Å². The van der Waals surface area contributed by atoms with Gasteiger partial charge in [0.15, 0.2) is 0 Å². The van der Waals surface area contributed by atoms with E-state index in [1.807, 2.05) is 13.0 Å². The van der Waals surface area contributed by atoms with Crippen molar-refractivity contribution in [1.82, 2.24) is 0 Å². The van der Waals surface area contributed by atoms with Gasteiger partial charge in [-0.3, -0.25) is 4.79 Å². The van der Waals surface area contributed by atoms with E-state index in [1.54, 1.807) is 12.1 Å². The fourth-order valence-electron chi connectivity index (χ4n) is 2.27. The monoisotopic (exact) mass is 338 g/mol. The Morgan fingerprint density at radius 3 is 2.57 bits per heavy atom. The first kappa shape index (κ1) is 15.6. The van der Waals surface area contributed by atoms with Crippen molar-refractivity contribution in [2.24, 2.45) is 4.99 Å². The quantitative estimate of drug-likeness (QED) is 0.801. The van der Waals surface area contributed by atoms with Crippen LogP contribution in [0.25, 0.3) is 0 Å². The zero-order valence-corrected chi connectivity index (χ0v) is 12.6. The summed E-state index contributed by atoms with van der Waals surface area (Å²) in [6.07, 6.45) is -4.51. The SMILES string of the molecule is Cc1ccc2c(c1)C(=Nc1cc(C(F)(F)F)ccc1Cl)C(=O)N2. The summed E-state index contributed by atoms with van der Waals surface area (Å²) in [5.74, 6) is -0.473. The molecular weight excluding hydrogens is 329 g/mol. The average Bonchev–Trinajstić information content (AvgIpc) is 2.76. The van der Waals surface area contributed by atoms with Gasteiger partial charge in [-0.1, -0.05) is 23.2 Å². The molecule has 0 spiro atoms. The number of carbonyl (C=O) groups is 1. The number of alkyl halides is 3. The Labute approximate surface area is 134 Å². The number of aryl methyl sites for hydroxylation is 1. The molecular formula is C16H10ClF3N2O. The molecule has 0 bridgehead atoms. The molecule has 0 unspecified atom stereocenters. The van der Waals surface area contributed by atoms with Crippen LogP contribution in [0, 0.1) is 6.92 Å². The van der Waals surface area contributed by atoms with Gasteiger partial charge in [0.05, 0.1) is 22.0 Å². The Hall–Kier alpha value is -2.34. The van der Waals surface area contributed by atoms with Gasteiger partial charge in [-0.25, -0.2) is 4.99 Å². The molecule has 0 radical (unpaired) electrons. The van der Waals surface area contributed by atoms with E-state index in [9.17, 15) is 18.0 Å². The first-order valence-electron chi connectivity index (χ1n) is 6.63. The van der Waals surface area contributed by atoms with Crippen LogP contribution in [0.3, 0.4) is 0 Å². The highest BCUT2D eigenvalue weighted by Gasteiger charge is 2.31. The second kappa shape index (κ2) is 5.38. The largest absolute Gasteiger partial charge is 0.416 e. The first-order chi connectivity index (χ1) is 10.8. The molecule has 1 aliphatic rings. The van der Waals surface area contributed by atoms with Crippen molar-refractivity contribution in [1.29, 1.82) is 0 Å². The van der Waals surface area contributed by atoms with Crippen molar-refractivity contribution in [3.8, 4) is 0 Å². The maximum Gasteiger partial charge on any atom is 0.416 e. The van der Waals surface area contributed by atoms with Gasteiger partial charge in [-0.2, -0.15) is 13.2 Å². The van der Waals surface area contributed by atoms with Gasteiger partial charge in [0.1, 0.15) is 5.71 Å². The number of fused-ring (bicyclic) bond motifs is 1. The highest BCUT2D eigenvalue weighted by atomic mass is 35.5. The molecule has 118 valence electrons. The number of amides is 1. The summed E-state index contributed by atoms with van der Waals surface area (Å²) in [6.45, 7) is 1.85. The molecule has 3 nitrogen and oxygen atoms in total. The molecule has 0 saturated heterocycles. The van der Waals surface area contributed by atoms with Crippen molar-refractivity contribution < 1.29 is 18.0 Å². The summed E-state index contributed by atoms with van der Waals surface area (Å²) < 4.78 is 38.4.